The smallest absolute Gasteiger partial charge is 0 e. The van der Waals surface area contributed by atoms with Gasteiger partial charge in [0, 0.05) is 86.2 Å². The van der Waals surface area contributed by atoms with Gasteiger partial charge < -0.3 is 0 Å². The molecule has 0 amide bonds. The number of rotatable bonds is 0. The van der Waals surface area contributed by atoms with Crippen LogP contribution in [0.5, 0.6) is 0 Å². The van der Waals surface area contributed by atoms with Crippen molar-refractivity contribution in [2.75, 3.05) is 0 Å². The van der Waals surface area contributed by atoms with Gasteiger partial charge in [-0.1, -0.05) is 0 Å². The molecule has 5 heteroatoms. The minimum Gasteiger partial charge on any atom is 0 e. The molecule has 0 aromatic carbocycles. The van der Waals surface area contributed by atoms with Gasteiger partial charge in [-0.05, 0) is 0 Å². The Morgan fingerprint density at radius 3 is 0.400 bits per heavy atom. The van der Waals surface area contributed by atoms with E-state index in [1.54, 1.807) is 0 Å². The molecule has 0 aromatic rings. The normalized spacial score (nSPS) is 0. The molecule has 0 fully saturated rings. The summed E-state index contributed by atoms with van der Waals surface area (Å²) in [6.07, 6.45) is 0. The van der Waals surface area contributed by atoms with E-state index in [0.717, 1.165) is 0 Å². The fourth-order valence-electron chi connectivity index (χ4n) is 0. The van der Waals surface area contributed by atoms with Gasteiger partial charge in [-0.25, -0.2) is 0 Å². The molecule has 0 aromatic heterocycles. The molecule has 0 spiro atoms. The molecule has 0 heterocycles. The van der Waals surface area contributed by atoms with Gasteiger partial charge in [0.25, 0.3) is 0 Å². The van der Waals surface area contributed by atoms with Gasteiger partial charge in [0.1, 0.15) is 0 Å². The van der Waals surface area contributed by atoms with Crippen LogP contribution in [-0.4, -0.2) is 0 Å². The average molecular weight is 268 g/mol. The minimum atomic E-state index is 0. The van der Waals surface area contributed by atoms with Gasteiger partial charge >= 0.3 is 0 Å². The first-order valence-corrected chi connectivity index (χ1v) is 0. The van der Waals surface area contributed by atoms with E-state index in [9.17, 15) is 0 Å². The molecule has 0 aliphatic heterocycles. The van der Waals surface area contributed by atoms with Crippen LogP contribution in [0.3, 0.4) is 0 Å². The van der Waals surface area contributed by atoms with Crippen LogP contribution >= 0.6 is 0 Å². The third-order valence-corrected chi connectivity index (χ3v) is 0. The number of hydrogen-bond acceptors (Lipinski definition) is 0. The van der Waals surface area contributed by atoms with E-state index in [-0.39, 0.29) is 86.2 Å². The Morgan fingerprint density at radius 2 is 0.400 bits per heavy atom. The predicted molar refractivity (Wildman–Crippen MR) is 0 cm³/mol. The third kappa shape index (κ3) is 20.5. The largest absolute Gasteiger partial charge is 0 e. The van der Waals surface area contributed by atoms with E-state index >= 15 is 0 Å². The molecule has 0 radical (unpaired) electrons. The molecule has 5 heavy (non-hydrogen) atoms. The topological polar surface area (TPSA) is 0 Å². The van der Waals surface area contributed by atoms with E-state index in [1.807, 2.05) is 0 Å². The predicted octanol–water partition coefficient (Wildman–Crippen LogP) is -0.0125. The standard InChI is InChI=1S/3Cr.2Fe. The van der Waals surface area contributed by atoms with Crippen LogP contribution in [0, 0.1) is 0 Å². The minimum absolute atomic E-state index is 0. The molecule has 0 atom stereocenters. The van der Waals surface area contributed by atoms with Crippen molar-refractivity contribution in [1.82, 2.24) is 0 Å². The summed E-state index contributed by atoms with van der Waals surface area (Å²) in [5.41, 5.74) is 0. The van der Waals surface area contributed by atoms with Crippen LogP contribution in [0.1, 0.15) is 0 Å². The Bertz CT molecular complexity index is 4.85. The summed E-state index contributed by atoms with van der Waals surface area (Å²) in [6, 6.07) is 0. The molecule has 0 bridgehead atoms. The van der Waals surface area contributed by atoms with E-state index in [1.165, 1.54) is 0 Å². The van der Waals surface area contributed by atoms with Crippen molar-refractivity contribution >= 4 is 0 Å². The van der Waals surface area contributed by atoms with E-state index in [4.69, 9.17) is 0 Å². The van der Waals surface area contributed by atoms with Crippen molar-refractivity contribution in [2.24, 2.45) is 0 Å². The Hall–Kier alpha value is 2.64. The van der Waals surface area contributed by atoms with E-state index in [2.05, 4.69) is 0 Å². The zero-order chi connectivity index (χ0) is 0. The molecule has 0 N–H and O–H groups in total. The summed E-state index contributed by atoms with van der Waals surface area (Å²) in [4.78, 5) is 0. The van der Waals surface area contributed by atoms with Gasteiger partial charge in [-0.15, -0.1) is 0 Å². The van der Waals surface area contributed by atoms with Crippen LogP contribution in [0.4, 0.5) is 0 Å². The van der Waals surface area contributed by atoms with Crippen LogP contribution in [0.2, 0.25) is 0 Å². The van der Waals surface area contributed by atoms with Gasteiger partial charge in [-0.3, -0.25) is 0 Å². The average Bonchev–Trinajstić information content (AvgIpc) is 0. The van der Waals surface area contributed by atoms with Crippen molar-refractivity contribution in [3.8, 4) is 0 Å². The molecule has 0 nitrogen and oxygen atoms in total. The molecule has 0 saturated carbocycles. The molecule has 0 aliphatic carbocycles. The number of hydrogen-bond donors (Lipinski definition) is 0. The quantitative estimate of drug-likeness (QED) is 0.542. The second kappa shape index (κ2) is 30.3. The third-order valence-electron chi connectivity index (χ3n) is 0. The second-order valence-corrected chi connectivity index (χ2v) is 0. The Labute approximate surface area is 85.2 Å². The first-order chi connectivity index (χ1) is 0. The zero-order valence-corrected chi connectivity index (χ0v) is 7.97. The maximum Gasteiger partial charge on any atom is 0 e. The van der Waals surface area contributed by atoms with Crippen molar-refractivity contribution in [3.05, 3.63) is 0 Å². The van der Waals surface area contributed by atoms with Crippen LogP contribution in [-0.2, 0) is 86.2 Å². The van der Waals surface area contributed by atoms with Gasteiger partial charge in [0.15, 0.2) is 0 Å². The molecule has 34 valence electrons. The molecular weight excluding hydrogens is 268 g/mol. The van der Waals surface area contributed by atoms with Crippen molar-refractivity contribution < 1.29 is 86.2 Å². The van der Waals surface area contributed by atoms with Crippen LogP contribution in [0.25, 0.3) is 0 Å². The molecule has 0 rings (SSSR count). The maximum absolute atomic E-state index is 0. The fourth-order valence-corrected chi connectivity index (χ4v) is 0. The van der Waals surface area contributed by atoms with Crippen molar-refractivity contribution in [1.29, 1.82) is 0 Å². The first-order valence-electron chi connectivity index (χ1n) is 0. The zero-order valence-electron chi connectivity index (χ0n) is 1.93. The second-order valence-electron chi connectivity index (χ2n) is 0. The van der Waals surface area contributed by atoms with Crippen LogP contribution < -0.4 is 0 Å². The summed E-state index contributed by atoms with van der Waals surface area (Å²) in [5, 5.41) is 0. The summed E-state index contributed by atoms with van der Waals surface area (Å²) in [7, 11) is 0. The maximum atomic E-state index is 0. The Kier molecular flexibility index (Phi) is 294. The Balaban J connectivity index is 0. The van der Waals surface area contributed by atoms with Gasteiger partial charge in [0.2, 0.25) is 0 Å². The summed E-state index contributed by atoms with van der Waals surface area (Å²) in [5.74, 6) is 0. The first kappa shape index (κ1) is 48.4. The van der Waals surface area contributed by atoms with Crippen LogP contribution in [0.15, 0.2) is 0 Å². The monoisotopic (exact) mass is 268 g/mol. The SMILES string of the molecule is [Cr].[Cr].[Cr].[Fe].[Fe]. The molecular formula is Cr3Fe2. The van der Waals surface area contributed by atoms with Gasteiger partial charge in [0.05, 0.1) is 0 Å². The van der Waals surface area contributed by atoms with Crippen molar-refractivity contribution in [3.63, 3.8) is 0 Å². The van der Waals surface area contributed by atoms with Crippen molar-refractivity contribution in [2.45, 2.75) is 0 Å². The summed E-state index contributed by atoms with van der Waals surface area (Å²) >= 11 is 0. The van der Waals surface area contributed by atoms with Gasteiger partial charge in [-0.2, -0.15) is 0 Å². The van der Waals surface area contributed by atoms with E-state index in [0.29, 0.717) is 0 Å². The summed E-state index contributed by atoms with van der Waals surface area (Å²) in [6.45, 7) is 0. The fraction of sp³-hybridized carbons (Fsp3) is 0. The molecule has 0 saturated heterocycles. The molecule has 0 aliphatic rings. The molecule has 0 unspecified atom stereocenters. The van der Waals surface area contributed by atoms with E-state index < -0.39 is 0 Å². The summed E-state index contributed by atoms with van der Waals surface area (Å²) < 4.78 is 0. The Morgan fingerprint density at radius 1 is 0.400 bits per heavy atom.